The van der Waals surface area contributed by atoms with Crippen LogP contribution in [0.25, 0.3) is 11.0 Å². The number of fused-ring (bicyclic) bond motifs is 1. The molecule has 0 aromatic carbocycles. The molecule has 2 aromatic heterocycles. The maximum atomic E-state index is 5.99. The van der Waals surface area contributed by atoms with Crippen LogP contribution in [0.3, 0.4) is 0 Å². The average molecular weight is 339 g/mol. The molecule has 0 saturated carbocycles. The number of hydrogen-bond donors (Lipinski definition) is 0. The number of halogens is 3. The molecule has 0 atom stereocenters. The van der Waals surface area contributed by atoms with Crippen molar-refractivity contribution in [3.05, 3.63) is 21.6 Å². The predicted octanol–water partition coefficient (Wildman–Crippen LogP) is 3.28. The summed E-state index contributed by atoms with van der Waals surface area (Å²) >= 11 is 12.9. The zero-order valence-corrected chi connectivity index (χ0v) is 11.2. The van der Waals surface area contributed by atoms with Crippen LogP contribution in [0.5, 0.6) is 0 Å². The number of alkyl halides is 1. The average Bonchev–Trinajstić information content (AvgIpc) is 2.41. The Morgan fingerprint density at radius 2 is 2.21 bits per heavy atom. The van der Waals surface area contributed by atoms with Crippen LogP contribution in [0.4, 0.5) is 0 Å². The maximum Gasteiger partial charge on any atom is 0.146 e. The topological polar surface area (TPSA) is 30.7 Å². The molecule has 0 spiro atoms. The van der Waals surface area contributed by atoms with E-state index in [1.165, 1.54) is 6.33 Å². The normalized spacial score (nSPS) is 11.1. The summed E-state index contributed by atoms with van der Waals surface area (Å²) in [7, 11) is 1.95. The maximum absolute atomic E-state index is 5.99. The lowest BCUT2D eigenvalue weighted by molar-refractivity contribution is 0.890. The van der Waals surface area contributed by atoms with E-state index in [4.69, 9.17) is 11.6 Å². The molecule has 0 aliphatic heterocycles. The van der Waals surface area contributed by atoms with Crippen LogP contribution in [-0.2, 0) is 12.4 Å². The highest BCUT2D eigenvalue weighted by Crippen LogP contribution is 2.33. The molecule has 3 nitrogen and oxygen atoms in total. The van der Waals surface area contributed by atoms with Crippen molar-refractivity contribution in [3.63, 3.8) is 0 Å². The second kappa shape index (κ2) is 3.79. The lowest BCUT2D eigenvalue weighted by Gasteiger charge is -1.98. The largest absolute Gasteiger partial charge is 0.331 e. The number of rotatable bonds is 1. The zero-order valence-electron chi connectivity index (χ0n) is 7.26. The summed E-state index contributed by atoms with van der Waals surface area (Å²) in [5.74, 6) is 0. The van der Waals surface area contributed by atoms with Gasteiger partial charge in [-0.15, -0.1) is 0 Å². The molecular formula is C8H6Br2ClN3. The second-order valence-electron chi connectivity index (χ2n) is 2.82. The molecule has 0 radical (unpaired) electrons. The molecule has 0 aliphatic carbocycles. The minimum absolute atomic E-state index is 0.477. The van der Waals surface area contributed by atoms with Gasteiger partial charge >= 0.3 is 0 Å². The molecule has 0 bridgehead atoms. The van der Waals surface area contributed by atoms with E-state index in [0.29, 0.717) is 5.15 Å². The van der Waals surface area contributed by atoms with Gasteiger partial charge < -0.3 is 4.57 Å². The SMILES string of the molecule is Cn1c(CBr)c(Br)c2c(Cl)ncnc21. The van der Waals surface area contributed by atoms with Crippen LogP contribution in [0, 0.1) is 0 Å². The standard InChI is InChI=1S/C8H6Br2ClN3/c1-14-4(2-9)6(10)5-7(11)12-3-13-8(5)14/h3H,2H2,1H3. The van der Waals surface area contributed by atoms with Crippen LogP contribution >= 0.6 is 43.5 Å². The van der Waals surface area contributed by atoms with E-state index in [2.05, 4.69) is 41.8 Å². The predicted molar refractivity (Wildman–Crippen MR) is 63.9 cm³/mol. The van der Waals surface area contributed by atoms with E-state index in [0.717, 1.165) is 26.5 Å². The van der Waals surface area contributed by atoms with Gasteiger partial charge in [-0.3, -0.25) is 0 Å². The molecular weight excluding hydrogens is 333 g/mol. The van der Waals surface area contributed by atoms with Gasteiger partial charge in [0.1, 0.15) is 17.1 Å². The third-order valence-corrected chi connectivity index (χ3v) is 3.77. The number of aryl methyl sites for hydroxylation is 1. The zero-order chi connectivity index (χ0) is 10.3. The molecule has 0 aliphatic rings. The van der Waals surface area contributed by atoms with Crippen molar-refractivity contribution in [1.29, 1.82) is 0 Å². The minimum Gasteiger partial charge on any atom is -0.331 e. The van der Waals surface area contributed by atoms with Crippen molar-refractivity contribution in [2.24, 2.45) is 7.05 Å². The van der Waals surface area contributed by atoms with Crippen LogP contribution in [0.15, 0.2) is 10.8 Å². The molecule has 0 amide bonds. The second-order valence-corrected chi connectivity index (χ2v) is 4.53. The molecule has 2 aromatic rings. The van der Waals surface area contributed by atoms with E-state index < -0.39 is 0 Å². The Morgan fingerprint density at radius 1 is 1.50 bits per heavy atom. The van der Waals surface area contributed by atoms with Gasteiger partial charge in [0.2, 0.25) is 0 Å². The first-order valence-electron chi connectivity index (χ1n) is 3.86. The molecule has 0 unspecified atom stereocenters. The molecule has 6 heteroatoms. The quantitative estimate of drug-likeness (QED) is 0.590. The van der Waals surface area contributed by atoms with E-state index in [1.54, 1.807) is 0 Å². The molecule has 74 valence electrons. The van der Waals surface area contributed by atoms with Gasteiger partial charge in [0.15, 0.2) is 0 Å². The van der Waals surface area contributed by atoms with E-state index >= 15 is 0 Å². The van der Waals surface area contributed by atoms with Gasteiger partial charge in [0.05, 0.1) is 9.86 Å². The summed E-state index contributed by atoms with van der Waals surface area (Å²) in [5, 5.41) is 2.09. The first kappa shape index (κ1) is 10.4. The van der Waals surface area contributed by atoms with Crippen LogP contribution in [-0.4, -0.2) is 14.5 Å². The van der Waals surface area contributed by atoms with E-state index in [-0.39, 0.29) is 0 Å². The van der Waals surface area contributed by atoms with Crippen molar-refractivity contribution in [2.75, 3.05) is 0 Å². The van der Waals surface area contributed by atoms with Crippen molar-refractivity contribution >= 4 is 54.5 Å². The van der Waals surface area contributed by atoms with E-state index in [9.17, 15) is 0 Å². The molecule has 2 rings (SSSR count). The Morgan fingerprint density at radius 3 is 2.79 bits per heavy atom. The van der Waals surface area contributed by atoms with Crippen LogP contribution in [0.1, 0.15) is 5.69 Å². The molecule has 0 saturated heterocycles. The smallest absolute Gasteiger partial charge is 0.146 e. The summed E-state index contributed by atoms with van der Waals surface area (Å²) in [6.07, 6.45) is 1.47. The highest BCUT2D eigenvalue weighted by Gasteiger charge is 2.15. The summed E-state index contributed by atoms with van der Waals surface area (Å²) in [6, 6.07) is 0. The Balaban J connectivity index is 2.94. The van der Waals surface area contributed by atoms with Crippen LogP contribution < -0.4 is 0 Å². The third-order valence-electron chi connectivity index (χ3n) is 2.10. The first-order valence-corrected chi connectivity index (χ1v) is 6.15. The molecule has 0 fully saturated rings. The number of nitrogens with zero attached hydrogens (tertiary/aromatic N) is 3. The summed E-state index contributed by atoms with van der Waals surface area (Å²) in [5.41, 5.74) is 1.94. The van der Waals surface area contributed by atoms with Crippen molar-refractivity contribution in [3.8, 4) is 0 Å². The minimum atomic E-state index is 0.477. The summed E-state index contributed by atoms with van der Waals surface area (Å²) in [6.45, 7) is 0. The monoisotopic (exact) mass is 337 g/mol. The first-order chi connectivity index (χ1) is 6.66. The third kappa shape index (κ3) is 1.38. The van der Waals surface area contributed by atoms with E-state index in [1.807, 2.05) is 11.6 Å². The molecule has 0 N–H and O–H groups in total. The Bertz CT molecular complexity index is 495. The highest BCUT2D eigenvalue weighted by molar-refractivity contribution is 9.11. The van der Waals surface area contributed by atoms with Gasteiger partial charge in [-0.2, -0.15) is 0 Å². The summed E-state index contributed by atoms with van der Waals surface area (Å²) < 4.78 is 2.94. The lowest BCUT2D eigenvalue weighted by Crippen LogP contribution is -1.94. The summed E-state index contributed by atoms with van der Waals surface area (Å²) in [4.78, 5) is 8.14. The number of aromatic nitrogens is 3. The Kier molecular flexibility index (Phi) is 2.81. The highest BCUT2D eigenvalue weighted by atomic mass is 79.9. The lowest BCUT2D eigenvalue weighted by atomic mass is 10.4. The van der Waals surface area contributed by atoms with Gasteiger partial charge in [-0.25, -0.2) is 9.97 Å². The van der Waals surface area contributed by atoms with Gasteiger partial charge in [-0.1, -0.05) is 27.5 Å². The van der Waals surface area contributed by atoms with Gasteiger partial charge in [0.25, 0.3) is 0 Å². The fourth-order valence-electron chi connectivity index (χ4n) is 1.37. The van der Waals surface area contributed by atoms with Gasteiger partial charge in [-0.05, 0) is 15.9 Å². The Hall–Kier alpha value is -0.130. The van der Waals surface area contributed by atoms with Crippen molar-refractivity contribution < 1.29 is 0 Å². The van der Waals surface area contributed by atoms with Crippen molar-refractivity contribution in [2.45, 2.75) is 5.33 Å². The molecule has 2 heterocycles. The van der Waals surface area contributed by atoms with Crippen LogP contribution in [0.2, 0.25) is 5.15 Å². The molecule has 14 heavy (non-hydrogen) atoms. The number of hydrogen-bond acceptors (Lipinski definition) is 2. The fraction of sp³-hybridized carbons (Fsp3) is 0.250. The fourth-order valence-corrected chi connectivity index (χ4v) is 3.51. The Labute approximate surface area is 103 Å². The van der Waals surface area contributed by atoms with Gasteiger partial charge in [0, 0.05) is 18.1 Å². The van der Waals surface area contributed by atoms with Crippen molar-refractivity contribution in [1.82, 2.24) is 14.5 Å².